The number of halogens is 1. The molecule has 3 heterocycles. The van der Waals surface area contributed by atoms with Gasteiger partial charge in [-0.1, -0.05) is 11.6 Å². The first-order valence-electron chi connectivity index (χ1n) is 7.00. The Morgan fingerprint density at radius 3 is 2.68 bits per heavy atom. The van der Waals surface area contributed by atoms with Gasteiger partial charge >= 0.3 is 0 Å². The quantitative estimate of drug-likeness (QED) is 0.743. The summed E-state index contributed by atoms with van der Waals surface area (Å²) in [6, 6.07) is 0. The van der Waals surface area contributed by atoms with Gasteiger partial charge in [0.05, 0.1) is 22.6 Å². The Morgan fingerprint density at radius 2 is 2.09 bits per heavy atom. The highest BCUT2D eigenvalue weighted by molar-refractivity contribution is 7.71. The lowest BCUT2D eigenvalue weighted by atomic mass is 10.3. The number of nitrogens with zero attached hydrogens (tertiary/aromatic N) is 6. The molecule has 0 bridgehead atoms. The average molecular weight is 338 g/mol. The average Bonchev–Trinajstić information content (AvgIpc) is 3.16. The minimum atomic E-state index is 0.482. The second kappa shape index (κ2) is 5.69. The zero-order valence-corrected chi connectivity index (χ0v) is 14.1. The van der Waals surface area contributed by atoms with Gasteiger partial charge in [0.25, 0.3) is 0 Å². The summed E-state index contributed by atoms with van der Waals surface area (Å²) in [4.78, 5) is 0. The van der Waals surface area contributed by atoms with Crippen molar-refractivity contribution in [3.05, 3.63) is 27.9 Å². The van der Waals surface area contributed by atoms with E-state index >= 15 is 0 Å². The summed E-state index contributed by atoms with van der Waals surface area (Å²) in [6.07, 6.45) is 3.56. The molecule has 0 saturated heterocycles. The molecule has 0 aliphatic carbocycles. The lowest BCUT2D eigenvalue weighted by Crippen LogP contribution is -2.03. The highest BCUT2D eigenvalue weighted by Gasteiger charge is 2.20. The van der Waals surface area contributed by atoms with Crippen molar-refractivity contribution < 1.29 is 0 Å². The number of aryl methyl sites for hydroxylation is 2. The Hall–Kier alpha value is -1.93. The summed E-state index contributed by atoms with van der Waals surface area (Å²) in [7, 11) is 0. The summed E-state index contributed by atoms with van der Waals surface area (Å²) in [5.74, 6) is 0.584. The van der Waals surface area contributed by atoms with E-state index in [9.17, 15) is 0 Å². The fourth-order valence-corrected chi connectivity index (χ4v) is 2.83. The van der Waals surface area contributed by atoms with Gasteiger partial charge in [-0.2, -0.15) is 15.3 Å². The monoisotopic (exact) mass is 337 g/mol. The topological polar surface area (TPSA) is 69.2 Å². The molecule has 7 nitrogen and oxygen atoms in total. The molecule has 9 heteroatoms. The third kappa shape index (κ3) is 2.28. The van der Waals surface area contributed by atoms with E-state index in [2.05, 4.69) is 20.4 Å². The van der Waals surface area contributed by atoms with Crippen molar-refractivity contribution in [1.29, 1.82) is 0 Å². The van der Waals surface area contributed by atoms with Crippen LogP contribution in [0.4, 0.5) is 0 Å². The predicted octanol–water partition coefficient (Wildman–Crippen LogP) is 2.99. The molecule has 22 heavy (non-hydrogen) atoms. The molecule has 0 spiro atoms. The van der Waals surface area contributed by atoms with Crippen LogP contribution in [0, 0.1) is 11.7 Å². The van der Waals surface area contributed by atoms with Crippen molar-refractivity contribution in [3.8, 4) is 17.2 Å². The zero-order valence-electron chi connectivity index (χ0n) is 12.5. The van der Waals surface area contributed by atoms with Gasteiger partial charge < -0.3 is 0 Å². The van der Waals surface area contributed by atoms with Crippen molar-refractivity contribution in [3.63, 3.8) is 0 Å². The molecule has 116 valence electrons. The minimum absolute atomic E-state index is 0.482. The lowest BCUT2D eigenvalue weighted by Gasteiger charge is -2.05. The van der Waals surface area contributed by atoms with Crippen LogP contribution in [0.1, 0.15) is 19.5 Å². The van der Waals surface area contributed by atoms with E-state index < -0.39 is 0 Å². The van der Waals surface area contributed by atoms with E-state index in [1.807, 2.05) is 30.0 Å². The Labute approximate surface area is 137 Å². The number of hydrogen-bond donors (Lipinski definition) is 1. The highest BCUT2D eigenvalue weighted by Crippen LogP contribution is 2.28. The lowest BCUT2D eigenvalue weighted by molar-refractivity contribution is 0.639. The minimum Gasteiger partial charge on any atom is -0.271 e. The van der Waals surface area contributed by atoms with Crippen LogP contribution < -0.4 is 0 Å². The molecule has 0 radical (unpaired) electrons. The van der Waals surface area contributed by atoms with Gasteiger partial charge in [-0.05, 0) is 33.0 Å². The maximum atomic E-state index is 6.29. The smallest absolute Gasteiger partial charge is 0.200 e. The maximum absolute atomic E-state index is 6.29. The summed E-state index contributed by atoms with van der Waals surface area (Å²) >= 11 is 11.7. The molecule has 0 amide bonds. The van der Waals surface area contributed by atoms with Gasteiger partial charge in [0, 0.05) is 19.3 Å². The van der Waals surface area contributed by atoms with E-state index in [1.54, 1.807) is 17.1 Å². The highest BCUT2D eigenvalue weighted by atomic mass is 35.5. The molecule has 0 saturated carbocycles. The molecular formula is C13H16ClN7S. The van der Waals surface area contributed by atoms with Crippen molar-refractivity contribution in [2.75, 3.05) is 0 Å². The second-order valence-corrected chi connectivity index (χ2v) is 5.59. The molecule has 0 aromatic carbocycles. The zero-order chi connectivity index (χ0) is 15.9. The van der Waals surface area contributed by atoms with Crippen molar-refractivity contribution in [2.24, 2.45) is 0 Å². The van der Waals surface area contributed by atoms with Crippen LogP contribution in [0.25, 0.3) is 17.2 Å². The van der Waals surface area contributed by atoms with Gasteiger partial charge in [0.1, 0.15) is 5.69 Å². The molecule has 0 fully saturated rings. The predicted molar refractivity (Wildman–Crippen MR) is 86.8 cm³/mol. The normalized spacial score (nSPS) is 11.3. The summed E-state index contributed by atoms with van der Waals surface area (Å²) < 4.78 is 5.97. The number of rotatable bonds is 4. The summed E-state index contributed by atoms with van der Waals surface area (Å²) in [5.41, 5.74) is 2.48. The number of aromatic amines is 1. The number of aromatic nitrogens is 7. The fraction of sp³-hybridized carbons (Fsp3) is 0.385. The van der Waals surface area contributed by atoms with Gasteiger partial charge in [-0.15, -0.1) is 0 Å². The van der Waals surface area contributed by atoms with Crippen LogP contribution in [-0.4, -0.2) is 34.3 Å². The first kappa shape index (κ1) is 15.0. The Morgan fingerprint density at radius 1 is 1.32 bits per heavy atom. The first-order chi connectivity index (χ1) is 10.6. The van der Waals surface area contributed by atoms with E-state index in [-0.39, 0.29) is 0 Å². The summed E-state index contributed by atoms with van der Waals surface area (Å²) in [5, 5.41) is 16.5. The summed E-state index contributed by atoms with van der Waals surface area (Å²) in [6.45, 7) is 7.56. The van der Waals surface area contributed by atoms with E-state index in [4.69, 9.17) is 23.8 Å². The SMILES string of the molecule is CCn1cc(Cl)c(-c2n[nH]c(=S)n2-c2cnn(CC)c2C)n1. The van der Waals surface area contributed by atoms with E-state index in [0.717, 1.165) is 24.5 Å². The molecule has 3 aromatic rings. The molecule has 0 atom stereocenters. The molecule has 0 aliphatic heterocycles. The Kier molecular flexibility index (Phi) is 3.88. The van der Waals surface area contributed by atoms with E-state index in [1.165, 1.54) is 0 Å². The van der Waals surface area contributed by atoms with Gasteiger partial charge in [0.15, 0.2) is 10.6 Å². The largest absolute Gasteiger partial charge is 0.271 e. The Bertz CT molecular complexity index is 869. The Balaban J connectivity index is 2.21. The van der Waals surface area contributed by atoms with Crippen LogP contribution in [-0.2, 0) is 13.1 Å². The van der Waals surface area contributed by atoms with E-state index in [0.29, 0.717) is 21.3 Å². The standard InChI is InChI=1S/C13H16ClN7S/c1-4-19-7-9(14)11(18-19)12-16-17-13(22)21(12)10-6-15-20(5-2)8(10)3/h6-7H,4-5H2,1-3H3,(H,17,22). The first-order valence-corrected chi connectivity index (χ1v) is 7.78. The van der Waals surface area contributed by atoms with Crippen LogP contribution in [0.2, 0.25) is 5.02 Å². The van der Waals surface area contributed by atoms with Crippen LogP contribution in [0.15, 0.2) is 12.4 Å². The van der Waals surface area contributed by atoms with Gasteiger partial charge in [0.2, 0.25) is 0 Å². The fourth-order valence-electron chi connectivity index (χ4n) is 2.36. The maximum Gasteiger partial charge on any atom is 0.200 e. The molecular weight excluding hydrogens is 322 g/mol. The van der Waals surface area contributed by atoms with Crippen molar-refractivity contribution in [2.45, 2.75) is 33.9 Å². The number of hydrogen-bond acceptors (Lipinski definition) is 4. The third-order valence-corrected chi connectivity index (χ3v) is 4.09. The molecule has 0 unspecified atom stereocenters. The number of H-pyrrole nitrogens is 1. The molecule has 3 rings (SSSR count). The molecule has 3 aromatic heterocycles. The second-order valence-electron chi connectivity index (χ2n) is 4.80. The van der Waals surface area contributed by atoms with Crippen LogP contribution >= 0.6 is 23.8 Å². The molecule has 1 N–H and O–H groups in total. The number of nitrogens with one attached hydrogen (secondary N) is 1. The molecule has 0 aliphatic rings. The van der Waals surface area contributed by atoms with Crippen LogP contribution in [0.3, 0.4) is 0 Å². The van der Waals surface area contributed by atoms with Gasteiger partial charge in [-0.3, -0.25) is 19.0 Å². The third-order valence-electron chi connectivity index (χ3n) is 3.54. The van der Waals surface area contributed by atoms with Gasteiger partial charge in [-0.25, -0.2) is 0 Å². The van der Waals surface area contributed by atoms with Crippen molar-refractivity contribution >= 4 is 23.8 Å². The van der Waals surface area contributed by atoms with Crippen LogP contribution in [0.5, 0.6) is 0 Å². The van der Waals surface area contributed by atoms with Crippen molar-refractivity contribution in [1.82, 2.24) is 34.3 Å².